The Morgan fingerprint density at radius 1 is 0.967 bits per heavy atom. The van der Waals surface area contributed by atoms with E-state index in [9.17, 15) is 9.90 Å². The first-order valence-corrected chi connectivity index (χ1v) is 10.3. The van der Waals surface area contributed by atoms with Crippen LogP contribution in [0.2, 0.25) is 0 Å². The fourth-order valence-electron chi connectivity index (χ4n) is 3.96. The first-order valence-electron chi connectivity index (χ1n) is 10.3. The van der Waals surface area contributed by atoms with Crippen LogP contribution in [0.5, 0.6) is 0 Å². The van der Waals surface area contributed by atoms with E-state index in [4.69, 9.17) is 0 Å². The minimum Gasteiger partial charge on any atom is -0.391 e. The summed E-state index contributed by atoms with van der Waals surface area (Å²) in [6.07, 6.45) is 10.5. The van der Waals surface area contributed by atoms with Crippen LogP contribution in [0.3, 0.4) is 0 Å². The number of pyridine rings is 2. The molecule has 1 unspecified atom stereocenters. The van der Waals surface area contributed by atoms with Gasteiger partial charge in [-0.15, -0.1) is 0 Å². The molecule has 2 aliphatic carbocycles. The Labute approximate surface area is 174 Å². The summed E-state index contributed by atoms with van der Waals surface area (Å²) in [5.74, 6) is 1.90. The van der Waals surface area contributed by atoms with Crippen molar-refractivity contribution in [1.29, 1.82) is 0 Å². The van der Waals surface area contributed by atoms with Crippen molar-refractivity contribution in [2.75, 3.05) is 10.6 Å². The summed E-state index contributed by atoms with van der Waals surface area (Å²) >= 11 is 0. The molecule has 2 saturated carbocycles. The van der Waals surface area contributed by atoms with Gasteiger partial charge in [0.15, 0.2) is 0 Å². The molecule has 0 saturated heterocycles. The van der Waals surface area contributed by atoms with Gasteiger partial charge in [0.05, 0.1) is 24.0 Å². The van der Waals surface area contributed by atoms with Crippen molar-refractivity contribution in [3.8, 4) is 5.69 Å². The largest absolute Gasteiger partial charge is 0.391 e. The second-order valence-electron chi connectivity index (χ2n) is 8.06. The fraction of sp³-hybridized carbons (Fsp3) is 0.364. The highest BCUT2D eigenvalue weighted by molar-refractivity contribution is 5.42. The lowest BCUT2D eigenvalue weighted by molar-refractivity contribution is 0.170. The number of aromatic nitrogens is 4. The number of rotatable bonds is 6. The third-order valence-electron chi connectivity index (χ3n) is 5.76. The molecule has 2 fully saturated rings. The van der Waals surface area contributed by atoms with Gasteiger partial charge in [0.2, 0.25) is 5.95 Å². The Hall–Kier alpha value is -3.26. The predicted octanol–water partition coefficient (Wildman–Crippen LogP) is 2.32. The molecule has 0 aliphatic heterocycles. The molecule has 0 radical (unpaired) electrons. The highest BCUT2D eigenvalue weighted by Crippen LogP contribution is 2.39. The van der Waals surface area contributed by atoms with E-state index in [2.05, 4.69) is 25.6 Å². The zero-order valence-electron chi connectivity index (χ0n) is 16.5. The minimum atomic E-state index is -0.489. The first-order chi connectivity index (χ1) is 14.7. The fourth-order valence-corrected chi connectivity index (χ4v) is 3.96. The molecule has 0 spiro atoms. The van der Waals surface area contributed by atoms with Crippen molar-refractivity contribution in [2.45, 2.75) is 49.8 Å². The summed E-state index contributed by atoms with van der Waals surface area (Å²) in [6, 6.07) is 8.71. The van der Waals surface area contributed by atoms with E-state index in [-0.39, 0.29) is 17.6 Å². The predicted molar refractivity (Wildman–Crippen MR) is 114 cm³/mol. The van der Waals surface area contributed by atoms with Crippen molar-refractivity contribution in [2.24, 2.45) is 0 Å². The van der Waals surface area contributed by atoms with Crippen LogP contribution in [0.15, 0.2) is 59.9 Å². The maximum absolute atomic E-state index is 11.9. The first kappa shape index (κ1) is 18.7. The Kier molecular flexibility index (Phi) is 4.92. The normalized spacial score (nSPS) is 23.3. The molecule has 30 heavy (non-hydrogen) atoms. The lowest BCUT2D eigenvalue weighted by atomic mass is 10.2. The van der Waals surface area contributed by atoms with Gasteiger partial charge in [0, 0.05) is 30.7 Å². The smallest absolute Gasteiger partial charge is 0.255 e. The molecule has 8 nitrogen and oxygen atoms in total. The molecule has 3 aromatic heterocycles. The van der Waals surface area contributed by atoms with Crippen LogP contribution < -0.4 is 16.2 Å². The zero-order valence-corrected chi connectivity index (χ0v) is 16.5. The molecular formula is C22H24N6O2. The van der Waals surface area contributed by atoms with E-state index < -0.39 is 6.10 Å². The van der Waals surface area contributed by atoms with Gasteiger partial charge in [-0.2, -0.15) is 0 Å². The second kappa shape index (κ2) is 7.87. The van der Waals surface area contributed by atoms with Crippen molar-refractivity contribution in [1.82, 2.24) is 19.5 Å². The van der Waals surface area contributed by atoms with Gasteiger partial charge < -0.3 is 15.7 Å². The standard InChI is InChI=1S/C22H24N6O2/c29-19-10-16(9-18(19)27-22-24-11-15(12-25-22)14-4-5-14)26-20-7-6-17(13-23-20)28-8-2-1-3-21(28)30/h1-3,6-8,11-14,16,18-19,29H,4-5,9-10H2,(H,23,26)(H,24,25,27)/t16-,18-,19?/m0/s1. The molecule has 154 valence electrons. The van der Waals surface area contributed by atoms with Gasteiger partial charge >= 0.3 is 0 Å². The lowest BCUT2D eigenvalue weighted by Gasteiger charge is -2.16. The number of aliphatic hydroxyl groups excluding tert-OH is 1. The van der Waals surface area contributed by atoms with Crippen LogP contribution >= 0.6 is 0 Å². The molecule has 2 aliphatic rings. The topological polar surface area (TPSA) is 105 Å². The van der Waals surface area contributed by atoms with Crippen LogP contribution in [-0.2, 0) is 0 Å². The van der Waals surface area contributed by atoms with Crippen LogP contribution in [0.25, 0.3) is 5.69 Å². The van der Waals surface area contributed by atoms with Gasteiger partial charge in [-0.3, -0.25) is 9.36 Å². The molecule has 0 aromatic carbocycles. The van der Waals surface area contributed by atoms with Crippen molar-refractivity contribution in [3.05, 3.63) is 71.0 Å². The van der Waals surface area contributed by atoms with Crippen molar-refractivity contribution >= 4 is 11.8 Å². The van der Waals surface area contributed by atoms with Gasteiger partial charge in [-0.1, -0.05) is 6.07 Å². The summed E-state index contributed by atoms with van der Waals surface area (Å²) in [5.41, 5.74) is 1.81. The average molecular weight is 404 g/mol. The van der Waals surface area contributed by atoms with E-state index in [0.29, 0.717) is 29.8 Å². The van der Waals surface area contributed by atoms with Crippen molar-refractivity contribution < 1.29 is 5.11 Å². The van der Waals surface area contributed by atoms with Gasteiger partial charge in [0.25, 0.3) is 5.56 Å². The average Bonchev–Trinajstić information content (AvgIpc) is 3.55. The van der Waals surface area contributed by atoms with Gasteiger partial charge in [-0.25, -0.2) is 15.0 Å². The van der Waals surface area contributed by atoms with Crippen molar-refractivity contribution in [3.63, 3.8) is 0 Å². The zero-order chi connectivity index (χ0) is 20.5. The number of nitrogens with zero attached hydrogens (tertiary/aromatic N) is 4. The second-order valence-corrected chi connectivity index (χ2v) is 8.06. The number of nitrogens with one attached hydrogen (secondary N) is 2. The summed E-state index contributed by atoms with van der Waals surface area (Å²) < 4.78 is 1.55. The van der Waals surface area contributed by atoms with E-state index in [1.807, 2.05) is 30.6 Å². The van der Waals surface area contributed by atoms with E-state index in [1.165, 1.54) is 24.5 Å². The number of aliphatic hydroxyl groups is 1. The number of anilines is 2. The third kappa shape index (κ3) is 4.04. The Bertz CT molecular complexity index is 1060. The van der Waals surface area contributed by atoms with Crippen LogP contribution in [0.4, 0.5) is 11.8 Å². The monoisotopic (exact) mass is 404 g/mol. The quantitative estimate of drug-likeness (QED) is 0.579. The molecule has 3 heterocycles. The third-order valence-corrected chi connectivity index (χ3v) is 5.76. The summed E-state index contributed by atoms with van der Waals surface area (Å²) in [7, 11) is 0. The lowest BCUT2D eigenvalue weighted by Crippen LogP contribution is -2.29. The van der Waals surface area contributed by atoms with E-state index in [0.717, 1.165) is 6.42 Å². The molecule has 3 aromatic rings. The molecular weight excluding hydrogens is 380 g/mol. The highest BCUT2D eigenvalue weighted by Gasteiger charge is 2.33. The summed E-state index contributed by atoms with van der Waals surface area (Å²) in [4.78, 5) is 25.2. The SMILES string of the molecule is O=c1ccccn1-c1ccc(N[C@@H]2CC(O)[C@@H](Nc3ncc(C4CC4)cn3)C2)nc1. The number of hydrogen-bond donors (Lipinski definition) is 3. The molecule has 3 atom stereocenters. The minimum absolute atomic E-state index is 0.0843. The Morgan fingerprint density at radius 3 is 2.50 bits per heavy atom. The molecule has 8 heteroatoms. The molecule has 0 bridgehead atoms. The summed E-state index contributed by atoms with van der Waals surface area (Å²) in [5, 5.41) is 17.1. The molecule has 0 amide bonds. The van der Waals surface area contributed by atoms with Gasteiger partial charge in [0.1, 0.15) is 5.82 Å². The number of hydrogen-bond acceptors (Lipinski definition) is 7. The van der Waals surface area contributed by atoms with E-state index >= 15 is 0 Å². The molecule has 3 N–H and O–H groups in total. The van der Waals surface area contributed by atoms with E-state index in [1.54, 1.807) is 23.0 Å². The van der Waals surface area contributed by atoms with Crippen LogP contribution in [0, 0.1) is 0 Å². The highest BCUT2D eigenvalue weighted by atomic mass is 16.3. The van der Waals surface area contributed by atoms with Crippen LogP contribution in [0.1, 0.15) is 37.2 Å². The molecule has 5 rings (SSSR count). The Balaban J connectivity index is 1.20. The maximum atomic E-state index is 11.9. The Morgan fingerprint density at radius 2 is 1.80 bits per heavy atom. The summed E-state index contributed by atoms with van der Waals surface area (Å²) in [6.45, 7) is 0. The van der Waals surface area contributed by atoms with Crippen LogP contribution in [-0.4, -0.2) is 42.8 Å². The maximum Gasteiger partial charge on any atom is 0.255 e. The van der Waals surface area contributed by atoms with Gasteiger partial charge in [-0.05, 0) is 55.4 Å².